The molecule has 2 atom stereocenters. The summed E-state index contributed by atoms with van der Waals surface area (Å²) >= 11 is 0. The molecule has 5 rings (SSSR count). The third-order valence-corrected chi connectivity index (χ3v) is 7.00. The first-order chi connectivity index (χ1) is 17.3. The molecule has 10 heteroatoms. The highest BCUT2D eigenvalue weighted by atomic mass is 19.3. The van der Waals surface area contributed by atoms with Crippen molar-refractivity contribution in [3.63, 3.8) is 0 Å². The van der Waals surface area contributed by atoms with Gasteiger partial charge in [0, 0.05) is 37.3 Å². The molecule has 188 valence electrons. The van der Waals surface area contributed by atoms with Gasteiger partial charge in [-0.2, -0.15) is 19.1 Å². The van der Waals surface area contributed by atoms with Gasteiger partial charge in [0.05, 0.1) is 30.3 Å². The molecule has 1 saturated heterocycles. The van der Waals surface area contributed by atoms with Crippen LogP contribution in [-0.2, 0) is 10.2 Å². The Morgan fingerprint density at radius 2 is 2.03 bits per heavy atom. The van der Waals surface area contributed by atoms with Gasteiger partial charge in [-0.15, -0.1) is 0 Å². The van der Waals surface area contributed by atoms with Crippen molar-refractivity contribution in [1.82, 2.24) is 9.61 Å². The molecule has 2 fully saturated rings. The highest BCUT2D eigenvalue weighted by molar-refractivity contribution is 6.03. The lowest BCUT2D eigenvalue weighted by Crippen LogP contribution is -2.32. The highest BCUT2D eigenvalue weighted by Gasteiger charge is 2.40. The number of halogens is 3. The number of Topliss-reactive ketones (excluding diaryl/α,β-unsaturated/α-hetero) is 1. The van der Waals surface area contributed by atoms with E-state index in [4.69, 9.17) is 14.2 Å². The number of fused-ring (bicyclic) bond motifs is 1. The molecule has 2 aliphatic rings. The summed E-state index contributed by atoms with van der Waals surface area (Å²) in [6, 6.07) is 9.03. The summed E-state index contributed by atoms with van der Waals surface area (Å²) in [7, 11) is 1.33. The second-order valence-electron chi connectivity index (χ2n) is 9.18. The maximum Gasteiger partial charge on any atom is 0.387 e. The lowest BCUT2D eigenvalue weighted by Gasteiger charge is -2.30. The quantitative estimate of drug-likeness (QED) is 0.400. The minimum atomic E-state index is -3.17. The number of hydrogen-bond donors (Lipinski definition) is 0. The number of nitriles is 1. The van der Waals surface area contributed by atoms with Crippen molar-refractivity contribution in [2.24, 2.45) is 5.92 Å². The lowest BCUT2D eigenvalue weighted by molar-refractivity contribution is -0.0502. The Labute approximate surface area is 205 Å². The van der Waals surface area contributed by atoms with E-state index in [2.05, 4.69) is 11.2 Å². The Morgan fingerprint density at radius 1 is 1.31 bits per heavy atom. The van der Waals surface area contributed by atoms with E-state index in [1.807, 2.05) is 12.1 Å². The normalized spacial score (nSPS) is 20.8. The Hall–Kier alpha value is -3.58. The summed E-state index contributed by atoms with van der Waals surface area (Å²) in [5, 5.41) is 14.3. The number of pyridine rings is 1. The van der Waals surface area contributed by atoms with Gasteiger partial charge in [0.25, 0.3) is 0 Å². The van der Waals surface area contributed by atoms with Crippen molar-refractivity contribution in [2.75, 3.05) is 20.3 Å². The van der Waals surface area contributed by atoms with Crippen LogP contribution in [-0.4, -0.2) is 48.5 Å². The van der Waals surface area contributed by atoms with Crippen molar-refractivity contribution < 1.29 is 32.2 Å². The molecule has 0 unspecified atom stereocenters. The van der Waals surface area contributed by atoms with Gasteiger partial charge in [-0.1, -0.05) is 6.07 Å². The predicted octanol–water partition coefficient (Wildman–Crippen LogP) is 5.11. The molecule has 0 bridgehead atoms. The zero-order valence-electron chi connectivity index (χ0n) is 19.5. The zero-order chi connectivity index (χ0) is 25.4. The molecule has 1 aliphatic carbocycles. The standard InChI is InChI=1S/C26H24F3N3O4/c1-34-22-10-15(11-23(36-25(28)29)24(22)21(33)9-16-8-19(16)27)18-12-31-32-13-17(2-3-20(18)32)26(14-30)4-6-35-7-5-26/h2-3,10-13,16,19,25H,4-9H2,1H3/t16-,19-/m0/s1. The second kappa shape index (κ2) is 9.47. The number of aromatic nitrogens is 2. The Balaban J connectivity index is 1.55. The van der Waals surface area contributed by atoms with E-state index in [0.29, 0.717) is 42.7 Å². The van der Waals surface area contributed by atoms with E-state index in [1.54, 1.807) is 23.0 Å². The van der Waals surface area contributed by atoms with Crippen LogP contribution in [0.3, 0.4) is 0 Å². The van der Waals surface area contributed by atoms with E-state index in [-0.39, 0.29) is 29.9 Å². The Kier molecular flexibility index (Phi) is 6.35. The predicted molar refractivity (Wildman–Crippen MR) is 123 cm³/mol. The molecule has 0 radical (unpaired) electrons. The lowest BCUT2D eigenvalue weighted by atomic mass is 9.76. The van der Waals surface area contributed by atoms with Gasteiger partial charge >= 0.3 is 6.61 Å². The Bertz CT molecular complexity index is 1340. The van der Waals surface area contributed by atoms with E-state index in [1.165, 1.54) is 13.2 Å². The largest absolute Gasteiger partial charge is 0.496 e. The molecule has 1 saturated carbocycles. The van der Waals surface area contributed by atoms with Gasteiger partial charge in [0.15, 0.2) is 5.78 Å². The first-order valence-electron chi connectivity index (χ1n) is 11.7. The number of alkyl halides is 3. The van der Waals surface area contributed by atoms with Crippen molar-refractivity contribution in [3.8, 4) is 28.7 Å². The first kappa shape index (κ1) is 24.1. The number of methoxy groups -OCH3 is 1. The minimum absolute atomic E-state index is 0.0609. The zero-order valence-corrected chi connectivity index (χ0v) is 19.5. The summed E-state index contributed by atoms with van der Waals surface area (Å²) in [6.07, 6.45) is 3.64. The van der Waals surface area contributed by atoms with Crippen molar-refractivity contribution in [1.29, 1.82) is 5.26 Å². The van der Waals surface area contributed by atoms with Crippen LogP contribution in [0.4, 0.5) is 13.2 Å². The molecular formula is C26H24F3N3O4. The first-order valence-corrected chi connectivity index (χ1v) is 11.7. The molecule has 1 aromatic carbocycles. The third-order valence-electron chi connectivity index (χ3n) is 7.00. The summed E-state index contributed by atoms with van der Waals surface area (Å²) in [6.45, 7) is -2.17. The Morgan fingerprint density at radius 3 is 2.67 bits per heavy atom. The third kappa shape index (κ3) is 4.39. The van der Waals surface area contributed by atoms with E-state index >= 15 is 0 Å². The topological polar surface area (TPSA) is 85.8 Å². The van der Waals surface area contributed by atoms with Crippen LogP contribution >= 0.6 is 0 Å². The summed E-state index contributed by atoms with van der Waals surface area (Å²) < 4.78 is 57.1. The minimum Gasteiger partial charge on any atom is -0.496 e. The van der Waals surface area contributed by atoms with E-state index in [0.717, 1.165) is 5.56 Å². The van der Waals surface area contributed by atoms with Gasteiger partial charge in [0.2, 0.25) is 0 Å². The molecule has 0 spiro atoms. The number of rotatable bonds is 8. The monoisotopic (exact) mass is 499 g/mol. The average Bonchev–Trinajstić information content (AvgIpc) is 3.40. The molecule has 3 heterocycles. The fourth-order valence-corrected chi connectivity index (χ4v) is 4.81. The van der Waals surface area contributed by atoms with Crippen molar-refractivity contribution in [2.45, 2.75) is 43.9 Å². The molecule has 1 aliphatic heterocycles. The van der Waals surface area contributed by atoms with Crippen molar-refractivity contribution >= 4 is 11.3 Å². The fourth-order valence-electron chi connectivity index (χ4n) is 4.81. The van der Waals surface area contributed by atoms with Gasteiger partial charge in [-0.05, 0) is 48.6 Å². The van der Waals surface area contributed by atoms with Crippen LogP contribution in [0.1, 0.15) is 41.6 Å². The SMILES string of the molecule is COc1cc(-c2cnn3cc(C4(C#N)CCOCC4)ccc23)cc(OC(F)F)c1C(=O)C[C@@H]1C[C@@H]1F. The van der Waals surface area contributed by atoms with Crippen LogP contribution in [0, 0.1) is 17.2 Å². The molecular weight excluding hydrogens is 475 g/mol. The van der Waals surface area contributed by atoms with Crippen LogP contribution in [0.2, 0.25) is 0 Å². The van der Waals surface area contributed by atoms with Crippen molar-refractivity contribution in [3.05, 3.63) is 47.8 Å². The summed E-state index contributed by atoms with van der Waals surface area (Å²) in [5.74, 6) is -1.20. The van der Waals surface area contributed by atoms with Crippen LogP contribution in [0.25, 0.3) is 16.6 Å². The summed E-state index contributed by atoms with van der Waals surface area (Å²) in [4.78, 5) is 12.9. The molecule has 7 nitrogen and oxygen atoms in total. The van der Waals surface area contributed by atoms with E-state index < -0.39 is 29.9 Å². The van der Waals surface area contributed by atoms with Crippen LogP contribution in [0.5, 0.6) is 11.5 Å². The molecule has 0 amide bonds. The number of carbonyl (C=O) groups is 1. The maximum absolute atomic E-state index is 13.4. The number of hydrogen-bond acceptors (Lipinski definition) is 6. The second-order valence-corrected chi connectivity index (χ2v) is 9.18. The average molecular weight is 499 g/mol. The summed E-state index contributed by atoms with van der Waals surface area (Å²) in [5.41, 5.74) is 1.75. The molecule has 2 aromatic heterocycles. The number of carbonyl (C=O) groups excluding carboxylic acids is 1. The van der Waals surface area contributed by atoms with Crippen LogP contribution < -0.4 is 9.47 Å². The molecule has 0 N–H and O–H groups in total. The number of ketones is 1. The highest BCUT2D eigenvalue weighted by Crippen LogP contribution is 2.42. The van der Waals surface area contributed by atoms with Gasteiger partial charge in [-0.25, -0.2) is 8.91 Å². The fraction of sp³-hybridized carbons (Fsp3) is 0.423. The van der Waals surface area contributed by atoms with Gasteiger partial charge in [0.1, 0.15) is 23.2 Å². The number of ether oxygens (including phenoxy) is 3. The van der Waals surface area contributed by atoms with Gasteiger partial charge < -0.3 is 14.2 Å². The number of nitrogens with zero attached hydrogens (tertiary/aromatic N) is 3. The van der Waals surface area contributed by atoms with Crippen LogP contribution in [0.15, 0.2) is 36.7 Å². The van der Waals surface area contributed by atoms with Gasteiger partial charge in [-0.3, -0.25) is 4.79 Å². The maximum atomic E-state index is 13.4. The number of benzene rings is 1. The van der Waals surface area contributed by atoms with E-state index in [9.17, 15) is 23.2 Å². The smallest absolute Gasteiger partial charge is 0.387 e. The molecule has 3 aromatic rings. The molecule has 36 heavy (non-hydrogen) atoms.